The smallest absolute Gasteiger partial charge is 0.342 e. The third-order valence-electron chi connectivity index (χ3n) is 4.43. The normalized spacial score (nSPS) is 11.0. The first-order chi connectivity index (χ1) is 15.6. The molecule has 0 aliphatic carbocycles. The Morgan fingerprint density at radius 2 is 1.81 bits per heavy atom. The van der Waals surface area contributed by atoms with Gasteiger partial charge in [-0.15, -0.1) is 5.10 Å². The van der Waals surface area contributed by atoms with Crippen LogP contribution in [0.25, 0.3) is 17.1 Å². The molecule has 0 saturated carbocycles. The summed E-state index contributed by atoms with van der Waals surface area (Å²) in [4.78, 5) is 12.3. The number of carbonyl (C=O) groups excluding carboxylic acids is 1. The molecule has 4 rings (SSSR count). The Labute approximate surface area is 197 Å². The van der Waals surface area contributed by atoms with Crippen LogP contribution in [-0.2, 0) is 4.79 Å². The van der Waals surface area contributed by atoms with Gasteiger partial charge in [-0.05, 0) is 78.0 Å². The molecule has 0 radical (unpaired) electrons. The number of nitrogens with zero attached hydrogens (tertiary/aromatic N) is 3. The number of halogens is 1. The zero-order valence-corrected chi connectivity index (χ0v) is 19.2. The number of phenols is 1. The van der Waals surface area contributed by atoms with E-state index in [0.717, 1.165) is 27.1 Å². The van der Waals surface area contributed by atoms with E-state index >= 15 is 0 Å². The van der Waals surface area contributed by atoms with Crippen LogP contribution < -0.4 is 9.99 Å². The van der Waals surface area contributed by atoms with Crippen molar-refractivity contribution in [2.24, 2.45) is 5.10 Å². The molecule has 7 nitrogen and oxygen atoms in total. The molecule has 3 aromatic carbocycles. The number of carbonyl (C=O) groups is 1. The zero-order valence-electron chi connectivity index (χ0n) is 16.8. The van der Waals surface area contributed by atoms with E-state index in [4.69, 9.17) is 0 Å². The largest absolute Gasteiger partial charge is 0.508 e. The number of hydrogen-bond donors (Lipinski definition) is 3. The van der Waals surface area contributed by atoms with Crippen LogP contribution in [0.5, 0.6) is 5.75 Å². The fourth-order valence-electron chi connectivity index (χ4n) is 2.91. The maximum Gasteiger partial charge on any atom is 0.342 e. The number of H-pyrrole nitrogens is 1. The number of benzene rings is 3. The molecule has 0 atom stereocenters. The Bertz CT molecular complexity index is 1230. The third kappa shape index (κ3) is 5.43. The van der Waals surface area contributed by atoms with E-state index in [2.05, 4.69) is 36.7 Å². The van der Waals surface area contributed by atoms with Gasteiger partial charge in [0.15, 0.2) is 0 Å². The van der Waals surface area contributed by atoms with E-state index in [1.165, 1.54) is 18.0 Å². The first-order valence-electron chi connectivity index (χ1n) is 9.65. The quantitative estimate of drug-likeness (QED) is 0.152. The molecule has 4 aromatic rings. The Hall–Kier alpha value is -3.43. The summed E-state index contributed by atoms with van der Waals surface area (Å²) in [6, 6.07) is 24.3. The molecule has 0 aliphatic heterocycles. The van der Waals surface area contributed by atoms with Crippen molar-refractivity contribution in [2.45, 2.75) is 5.16 Å². The van der Waals surface area contributed by atoms with Crippen molar-refractivity contribution in [3.05, 3.63) is 88.9 Å². The number of aromatic nitrogens is 3. The summed E-state index contributed by atoms with van der Waals surface area (Å²) in [6.07, 6.45) is 1.52. The Kier molecular flexibility index (Phi) is 6.98. The molecule has 0 spiro atoms. The second-order valence-electron chi connectivity index (χ2n) is 6.71. The van der Waals surface area contributed by atoms with Crippen molar-refractivity contribution in [3.8, 4) is 22.8 Å². The summed E-state index contributed by atoms with van der Waals surface area (Å²) in [5.41, 5.74) is 5.19. The maximum absolute atomic E-state index is 12.3. The molecule has 1 amide bonds. The van der Waals surface area contributed by atoms with Crippen molar-refractivity contribution in [3.63, 3.8) is 0 Å². The molecular formula is C23H19BrN5O2S+. The predicted molar refractivity (Wildman–Crippen MR) is 128 cm³/mol. The Balaban J connectivity index is 1.49. The summed E-state index contributed by atoms with van der Waals surface area (Å²) in [5.74, 6) is 0.885. The molecule has 9 heteroatoms. The molecule has 0 unspecified atom stereocenters. The van der Waals surface area contributed by atoms with Crippen LogP contribution in [-0.4, -0.2) is 33.2 Å². The number of rotatable bonds is 7. The van der Waals surface area contributed by atoms with Crippen LogP contribution >= 0.6 is 27.7 Å². The van der Waals surface area contributed by atoms with E-state index in [1.54, 1.807) is 24.3 Å². The zero-order chi connectivity index (χ0) is 22.3. The lowest BCUT2D eigenvalue weighted by Crippen LogP contribution is -2.34. The number of thioether (sulfide) groups is 1. The molecular weight excluding hydrogens is 490 g/mol. The minimum absolute atomic E-state index is 0.141. The second kappa shape index (κ2) is 10.3. The van der Waals surface area contributed by atoms with Gasteiger partial charge in [0.2, 0.25) is 0 Å². The van der Waals surface area contributed by atoms with Gasteiger partial charge in [0.25, 0.3) is 11.7 Å². The van der Waals surface area contributed by atoms with Crippen LogP contribution in [0.1, 0.15) is 5.56 Å². The average Bonchev–Trinajstić information content (AvgIpc) is 3.24. The van der Waals surface area contributed by atoms with Gasteiger partial charge in [-0.2, -0.15) is 9.67 Å². The lowest BCUT2D eigenvalue weighted by molar-refractivity contribution is -0.625. The molecule has 0 saturated heterocycles. The first kappa shape index (κ1) is 21.8. The predicted octanol–water partition coefficient (Wildman–Crippen LogP) is 4.06. The Morgan fingerprint density at radius 3 is 2.53 bits per heavy atom. The van der Waals surface area contributed by atoms with Gasteiger partial charge in [0.1, 0.15) is 11.4 Å². The SMILES string of the molecule is O=C(CSc1n[nH]c(-c2ccccc2)[n+]1-c1ccc(Br)cc1)N/N=C/c1ccc(O)cc1. The fraction of sp³-hybridized carbons (Fsp3) is 0.0435. The Morgan fingerprint density at radius 1 is 1.09 bits per heavy atom. The number of amides is 1. The molecule has 0 aliphatic rings. The van der Waals surface area contributed by atoms with Crippen LogP contribution in [0.2, 0.25) is 0 Å². The van der Waals surface area contributed by atoms with Crippen molar-refractivity contribution in [2.75, 3.05) is 5.75 Å². The van der Waals surface area contributed by atoms with E-state index < -0.39 is 0 Å². The minimum atomic E-state index is -0.253. The number of hydrogen-bond acceptors (Lipinski definition) is 5. The molecule has 0 fully saturated rings. The van der Waals surface area contributed by atoms with Gasteiger partial charge < -0.3 is 5.11 Å². The number of aromatic amines is 1. The van der Waals surface area contributed by atoms with Gasteiger partial charge in [-0.1, -0.05) is 34.1 Å². The highest BCUT2D eigenvalue weighted by Gasteiger charge is 2.24. The second-order valence-corrected chi connectivity index (χ2v) is 8.56. The molecule has 32 heavy (non-hydrogen) atoms. The van der Waals surface area contributed by atoms with Gasteiger partial charge in [0, 0.05) is 4.47 Å². The molecule has 160 valence electrons. The monoisotopic (exact) mass is 508 g/mol. The van der Waals surface area contributed by atoms with Crippen molar-refractivity contribution >= 4 is 39.8 Å². The van der Waals surface area contributed by atoms with Crippen molar-refractivity contribution in [1.29, 1.82) is 0 Å². The van der Waals surface area contributed by atoms with E-state index in [0.29, 0.717) is 5.16 Å². The van der Waals surface area contributed by atoms with Crippen LogP contribution in [0.15, 0.2) is 93.6 Å². The summed E-state index contributed by atoms with van der Waals surface area (Å²) in [7, 11) is 0. The number of nitrogens with one attached hydrogen (secondary N) is 2. The van der Waals surface area contributed by atoms with Gasteiger partial charge >= 0.3 is 5.16 Å². The molecule has 1 aromatic heterocycles. The lowest BCUT2D eigenvalue weighted by atomic mass is 10.2. The van der Waals surface area contributed by atoms with Gasteiger partial charge in [-0.25, -0.2) is 5.43 Å². The summed E-state index contributed by atoms with van der Waals surface area (Å²) in [5, 5.41) is 21.5. The highest BCUT2D eigenvalue weighted by Crippen LogP contribution is 2.21. The van der Waals surface area contributed by atoms with Crippen LogP contribution in [0.4, 0.5) is 0 Å². The third-order valence-corrected chi connectivity index (χ3v) is 5.90. The lowest BCUT2D eigenvalue weighted by Gasteiger charge is -2.04. The average molecular weight is 509 g/mol. The van der Waals surface area contributed by atoms with E-state index in [9.17, 15) is 9.90 Å². The van der Waals surface area contributed by atoms with Crippen molar-refractivity contribution in [1.82, 2.24) is 15.6 Å². The van der Waals surface area contributed by atoms with E-state index in [1.807, 2.05) is 59.2 Å². The standard InChI is InChI=1S/C23H18BrN5O2S/c24-18-8-10-19(11-9-18)29-22(17-4-2-1-3-5-17)27-28-23(29)32-15-21(31)26-25-14-16-6-12-20(30)13-7-16/h1-14H,15H2,(H2,25,26,30,31)/p+1. The number of phenolic OH excluding ortho intramolecular Hbond substituents is 1. The molecule has 1 heterocycles. The summed E-state index contributed by atoms with van der Waals surface area (Å²) >= 11 is 4.78. The summed E-state index contributed by atoms with van der Waals surface area (Å²) < 4.78 is 2.96. The highest BCUT2D eigenvalue weighted by atomic mass is 79.9. The molecule has 0 bridgehead atoms. The minimum Gasteiger partial charge on any atom is -0.508 e. The number of hydrazone groups is 1. The number of aromatic hydroxyl groups is 1. The topological polar surface area (TPSA) is 94.3 Å². The van der Waals surface area contributed by atoms with Crippen molar-refractivity contribution < 1.29 is 14.5 Å². The van der Waals surface area contributed by atoms with E-state index in [-0.39, 0.29) is 17.4 Å². The first-order valence-corrected chi connectivity index (χ1v) is 11.4. The molecule has 3 N–H and O–H groups in total. The van der Waals surface area contributed by atoms with Crippen LogP contribution in [0, 0.1) is 0 Å². The van der Waals surface area contributed by atoms with Gasteiger partial charge in [-0.3, -0.25) is 4.79 Å². The fourth-order valence-corrected chi connectivity index (χ4v) is 3.94. The summed E-state index contributed by atoms with van der Waals surface area (Å²) in [6.45, 7) is 0. The van der Waals surface area contributed by atoms with Gasteiger partial charge in [0.05, 0.1) is 22.6 Å². The van der Waals surface area contributed by atoms with Crippen LogP contribution in [0.3, 0.4) is 0 Å². The maximum atomic E-state index is 12.3. The highest BCUT2D eigenvalue weighted by molar-refractivity contribution is 9.10.